The highest BCUT2D eigenvalue weighted by atomic mass is 16.4. The van der Waals surface area contributed by atoms with Gasteiger partial charge in [0.1, 0.15) is 6.42 Å². The summed E-state index contributed by atoms with van der Waals surface area (Å²) >= 11 is 0. The molecule has 0 heterocycles. The first kappa shape index (κ1) is 16.3. The topological polar surface area (TPSA) is 149 Å². The molecular formula is C8H12O8. The van der Waals surface area contributed by atoms with Crippen molar-refractivity contribution in [3.05, 3.63) is 0 Å². The van der Waals surface area contributed by atoms with Crippen molar-refractivity contribution in [3.8, 4) is 0 Å². The Morgan fingerprint density at radius 2 is 0.938 bits per heavy atom. The monoisotopic (exact) mass is 236 g/mol. The van der Waals surface area contributed by atoms with Crippen molar-refractivity contribution >= 4 is 23.9 Å². The highest BCUT2D eigenvalue weighted by molar-refractivity contribution is 5.88. The van der Waals surface area contributed by atoms with E-state index in [1.54, 1.807) is 0 Å². The van der Waals surface area contributed by atoms with Gasteiger partial charge in [-0.15, -0.1) is 0 Å². The number of carboxylic acids is 4. The molecule has 0 saturated carbocycles. The lowest BCUT2D eigenvalue weighted by molar-refractivity contribution is -0.147. The zero-order valence-electron chi connectivity index (χ0n) is 8.25. The molecule has 0 aromatic rings. The maximum Gasteiger partial charge on any atom is 0.314 e. The predicted molar refractivity (Wildman–Crippen MR) is 49.0 cm³/mol. The van der Waals surface area contributed by atoms with E-state index >= 15 is 0 Å². The Kier molecular flexibility index (Phi) is 9.62. The average Bonchev–Trinajstić information content (AvgIpc) is 2.00. The molecule has 0 aromatic carbocycles. The van der Waals surface area contributed by atoms with Crippen LogP contribution in [0.3, 0.4) is 0 Å². The molecule has 8 nitrogen and oxygen atoms in total. The van der Waals surface area contributed by atoms with Crippen LogP contribution in [0.2, 0.25) is 0 Å². The lowest BCUT2D eigenvalue weighted by Crippen LogP contribution is -2.03. The second kappa shape index (κ2) is 9.44. The van der Waals surface area contributed by atoms with E-state index in [0.717, 1.165) is 0 Å². The molecule has 0 unspecified atom stereocenters. The van der Waals surface area contributed by atoms with E-state index in [1.165, 1.54) is 0 Å². The molecule has 0 fully saturated rings. The lowest BCUT2D eigenvalue weighted by Gasteiger charge is -1.89. The SMILES string of the molecule is O=C(O)CC(=O)O.O=C(O)CCCC(=O)O. The normalized spacial score (nSPS) is 8.50. The Morgan fingerprint density at radius 3 is 1.06 bits per heavy atom. The average molecular weight is 236 g/mol. The first-order valence-corrected chi connectivity index (χ1v) is 4.13. The molecule has 0 amide bonds. The van der Waals surface area contributed by atoms with Crippen LogP contribution in [0.4, 0.5) is 0 Å². The number of carbonyl (C=O) groups is 4. The van der Waals surface area contributed by atoms with Crippen LogP contribution in [0.15, 0.2) is 0 Å². The minimum Gasteiger partial charge on any atom is -0.481 e. The maximum atomic E-state index is 9.79. The Hall–Kier alpha value is -2.12. The minimum atomic E-state index is -1.31. The Labute approximate surface area is 90.1 Å². The van der Waals surface area contributed by atoms with Crippen molar-refractivity contribution in [2.24, 2.45) is 0 Å². The summed E-state index contributed by atoms with van der Waals surface area (Å²) in [7, 11) is 0. The summed E-state index contributed by atoms with van der Waals surface area (Å²) in [6, 6.07) is 0. The van der Waals surface area contributed by atoms with Crippen LogP contribution < -0.4 is 0 Å². The van der Waals surface area contributed by atoms with Gasteiger partial charge in [-0.25, -0.2) is 0 Å². The van der Waals surface area contributed by atoms with E-state index < -0.39 is 30.3 Å². The largest absolute Gasteiger partial charge is 0.481 e. The predicted octanol–water partition coefficient (Wildman–Crippen LogP) is -0.128. The molecule has 92 valence electrons. The molecular weight excluding hydrogens is 224 g/mol. The summed E-state index contributed by atoms with van der Waals surface area (Å²) in [6.07, 6.45) is -0.719. The van der Waals surface area contributed by atoms with Gasteiger partial charge in [0.15, 0.2) is 0 Å². The van der Waals surface area contributed by atoms with E-state index in [4.69, 9.17) is 20.4 Å². The van der Waals surface area contributed by atoms with E-state index in [9.17, 15) is 19.2 Å². The van der Waals surface area contributed by atoms with Gasteiger partial charge in [-0.05, 0) is 6.42 Å². The zero-order chi connectivity index (χ0) is 13.1. The van der Waals surface area contributed by atoms with Gasteiger partial charge in [-0.1, -0.05) is 0 Å². The van der Waals surface area contributed by atoms with Gasteiger partial charge in [-0.2, -0.15) is 0 Å². The standard InChI is InChI=1S/C5H8O4.C3H4O4/c6-4(7)2-1-3-5(8)9;4-2(5)1-3(6)7/h1-3H2,(H,6,7)(H,8,9);1H2,(H,4,5)(H,6,7). The Balaban J connectivity index is 0. The van der Waals surface area contributed by atoms with E-state index in [2.05, 4.69) is 0 Å². The number of carboxylic acid groups (broad SMARTS) is 4. The van der Waals surface area contributed by atoms with E-state index in [0.29, 0.717) is 0 Å². The second-order valence-corrected chi connectivity index (χ2v) is 2.61. The van der Waals surface area contributed by atoms with Gasteiger partial charge >= 0.3 is 23.9 Å². The summed E-state index contributed by atoms with van der Waals surface area (Å²) < 4.78 is 0. The molecule has 0 rings (SSSR count). The van der Waals surface area contributed by atoms with Crippen LogP contribution in [-0.2, 0) is 19.2 Å². The summed E-state index contributed by atoms with van der Waals surface area (Å²) in [5, 5.41) is 31.5. The Morgan fingerprint density at radius 1 is 0.625 bits per heavy atom. The van der Waals surface area contributed by atoms with Crippen molar-refractivity contribution in [3.63, 3.8) is 0 Å². The molecule has 0 atom stereocenters. The molecule has 0 bridgehead atoms. The van der Waals surface area contributed by atoms with Crippen molar-refractivity contribution in [2.75, 3.05) is 0 Å². The minimum absolute atomic E-state index is 0.0632. The third-order valence-corrected chi connectivity index (χ3v) is 1.08. The molecule has 0 radical (unpaired) electrons. The first-order chi connectivity index (χ1) is 7.25. The molecule has 0 aromatic heterocycles. The van der Waals surface area contributed by atoms with Crippen LogP contribution in [0.5, 0.6) is 0 Å². The van der Waals surface area contributed by atoms with Crippen LogP contribution in [0, 0.1) is 0 Å². The summed E-state index contributed by atoms with van der Waals surface area (Å²) in [5.41, 5.74) is 0. The third kappa shape index (κ3) is 22.6. The molecule has 0 spiro atoms. The van der Waals surface area contributed by atoms with Crippen molar-refractivity contribution in [2.45, 2.75) is 25.7 Å². The van der Waals surface area contributed by atoms with Gasteiger partial charge in [0.05, 0.1) is 0 Å². The first-order valence-electron chi connectivity index (χ1n) is 4.13. The molecule has 16 heavy (non-hydrogen) atoms. The number of hydrogen-bond donors (Lipinski definition) is 4. The zero-order valence-corrected chi connectivity index (χ0v) is 8.25. The highest BCUT2D eigenvalue weighted by Crippen LogP contribution is 1.93. The molecule has 8 heteroatoms. The number of hydrogen-bond acceptors (Lipinski definition) is 4. The van der Waals surface area contributed by atoms with Crippen molar-refractivity contribution < 1.29 is 39.6 Å². The molecule has 0 aliphatic rings. The third-order valence-electron chi connectivity index (χ3n) is 1.08. The van der Waals surface area contributed by atoms with Gasteiger partial charge in [0.25, 0.3) is 0 Å². The fourth-order valence-corrected chi connectivity index (χ4v) is 0.520. The van der Waals surface area contributed by atoms with Gasteiger partial charge in [0.2, 0.25) is 0 Å². The van der Waals surface area contributed by atoms with Crippen LogP contribution in [0.25, 0.3) is 0 Å². The molecule has 0 aliphatic carbocycles. The fourth-order valence-electron chi connectivity index (χ4n) is 0.520. The van der Waals surface area contributed by atoms with Crippen LogP contribution in [0.1, 0.15) is 25.7 Å². The second-order valence-electron chi connectivity index (χ2n) is 2.61. The van der Waals surface area contributed by atoms with Crippen molar-refractivity contribution in [1.82, 2.24) is 0 Å². The van der Waals surface area contributed by atoms with Gasteiger partial charge in [0, 0.05) is 12.8 Å². The van der Waals surface area contributed by atoms with Crippen LogP contribution in [-0.4, -0.2) is 44.3 Å². The van der Waals surface area contributed by atoms with Gasteiger partial charge in [-0.3, -0.25) is 19.2 Å². The van der Waals surface area contributed by atoms with E-state index in [1.807, 2.05) is 0 Å². The summed E-state index contributed by atoms with van der Waals surface area (Å²) in [4.78, 5) is 38.4. The van der Waals surface area contributed by atoms with Crippen molar-refractivity contribution in [1.29, 1.82) is 0 Å². The van der Waals surface area contributed by atoms with Gasteiger partial charge < -0.3 is 20.4 Å². The highest BCUT2D eigenvalue weighted by Gasteiger charge is 2.01. The number of aliphatic carboxylic acids is 4. The molecule has 4 N–H and O–H groups in total. The summed E-state index contributed by atoms with van der Waals surface area (Å²) in [5.74, 6) is -4.52. The fraction of sp³-hybridized carbons (Fsp3) is 0.500. The van der Waals surface area contributed by atoms with Crippen LogP contribution >= 0.6 is 0 Å². The smallest absolute Gasteiger partial charge is 0.314 e. The lowest BCUT2D eigenvalue weighted by atomic mass is 10.2. The maximum absolute atomic E-state index is 9.79. The molecule has 0 saturated heterocycles. The Bertz CT molecular complexity index is 243. The van der Waals surface area contributed by atoms with E-state index in [-0.39, 0.29) is 19.3 Å². The quantitative estimate of drug-likeness (QED) is 0.466. The number of rotatable bonds is 6. The molecule has 0 aliphatic heterocycles. The summed E-state index contributed by atoms with van der Waals surface area (Å²) in [6.45, 7) is 0.